The number of hydrogen-bond donors (Lipinski definition) is 2. The Bertz CT molecular complexity index is 375. The molecule has 0 aliphatic carbocycles. The summed E-state index contributed by atoms with van der Waals surface area (Å²) >= 11 is 1.23. The summed E-state index contributed by atoms with van der Waals surface area (Å²) in [4.78, 5) is 13.4. The zero-order valence-corrected chi connectivity index (χ0v) is 10.7. The van der Waals surface area contributed by atoms with E-state index in [9.17, 15) is 4.79 Å². The van der Waals surface area contributed by atoms with E-state index in [0.717, 1.165) is 18.1 Å². The largest absolute Gasteiger partial charge is 0.382 e. The molecule has 16 heavy (non-hydrogen) atoms. The van der Waals surface area contributed by atoms with Crippen LogP contribution in [-0.4, -0.2) is 23.4 Å². The van der Waals surface area contributed by atoms with E-state index in [2.05, 4.69) is 23.1 Å². The lowest BCUT2D eigenvalue weighted by molar-refractivity contribution is 0.100. The average Bonchev–Trinajstić information content (AvgIpc) is 2.56. The molecule has 0 fully saturated rings. The lowest BCUT2D eigenvalue weighted by atomic mass is 10.2. The molecule has 6 heteroatoms. The highest BCUT2D eigenvalue weighted by molar-refractivity contribution is 7.11. The van der Waals surface area contributed by atoms with Crippen molar-refractivity contribution in [3.63, 3.8) is 0 Å². The molecule has 0 saturated carbocycles. The summed E-state index contributed by atoms with van der Waals surface area (Å²) in [5.41, 5.74) is 11.3. The fraction of sp³-hybridized carbons (Fsp3) is 0.600. The van der Waals surface area contributed by atoms with Gasteiger partial charge in [0.25, 0.3) is 5.91 Å². The first-order valence-corrected chi connectivity index (χ1v) is 6.04. The van der Waals surface area contributed by atoms with Crippen LogP contribution < -0.4 is 16.4 Å². The zero-order valence-electron chi connectivity index (χ0n) is 9.86. The van der Waals surface area contributed by atoms with E-state index in [1.807, 2.05) is 6.92 Å². The Morgan fingerprint density at radius 3 is 2.62 bits per heavy atom. The van der Waals surface area contributed by atoms with Gasteiger partial charge in [-0.25, -0.2) is 0 Å². The van der Waals surface area contributed by atoms with Gasteiger partial charge < -0.3 is 16.4 Å². The highest BCUT2D eigenvalue weighted by Crippen LogP contribution is 2.30. The second-order valence-corrected chi connectivity index (χ2v) is 4.80. The van der Waals surface area contributed by atoms with Gasteiger partial charge in [-0.15, -0.1) is 0 Å². The Labute approximate surface area is 99.6 Å². The smallest absolute Gasteiger partial charge is 0.255 e. The fourth-order valence-electron chi connectivity index (χ4n) is 1.54. The zero-order chi connectivity index (χ0) is 12.3. The maximum atomic E-state index is 11.3. The molecule has 1 aromatic rings. The summed E-state index contributed by atoms with van der Waals surface area (Å²) in [7, 11) is 0. The van der Waals surface area contributed by atoms with Gasteiger partial charge in [-0.05, 0) is 24.4 Å². The van der Waals surface area contributed by atoms with Crippen molar-refractivity contribution in [2.75, 3.05) is 23.7 Å². The van der Waals surface area contributed by atoms with Crippen LogP contribution in [0, 0.1) is 5.92 Å². The normalized spacial score (nSPS) is 10.8. The second kappa shape index (κ2) is 5.16. The molecule has 0 spiro atoms. The van der Waals surface area contributed by atoms with Crippen molar-refractivity contribution in [3.05, 3.63) is 5.56 Å². The van der Waals surface area contributed by atoms with Gasteiger partial charge in [0.05, 0.1) is 0 Å². The van der Waals surface area contributed by atoms with E-state index in [1.165, 1.54) is 11.5 Å². The molecule has 4 N–H and O–H groups in total. The van der Waals surface area contributed by atoms with Gasteiger partial charge in [0.1, 0.15) is 10.6 Å². The molecule has 5 nitrogen and oxygen atoms in total. The summed E-state index contributed by atoms with van der Waals surface area (Å²) in [6, 6.07) is 0. The van der Waals surface area contributed by atoms with Crippen molar-refractivity contribution in [1.82, 2.24) is 4.37 Å². The van der Waals surface area contributed by atoms with Gasteiger partial charge in [-0.2, -0.15) is 4.37 Å². The maximum absolute atomic E-state index is 11.3. The van der Waals surface area contributed by atoms with Gasteiger partial charge in [0.2, 0.25) is 0 Å². The number of nitrogen functional groups attached to an aromatic ring is 1. The minimum absolute atomic E-state index is 0.231. The van der Waals surface area contributed by atoms with Crippen molar-refractivity contribution in [2.45, 2.75) is 20.8 Å². The van der Waals surface area contributed by atoms with E-state index in [4.69, 9.17) is 11.5 Å². The van der Waals surface area contributed by atoms with E-state index >= 15 is 0 Å². The number of nitrogens with zero attached hydrogens (tertiary/aromatic N) is 2. The van der Waals surface area contributed by atoms with E-state index < -0.39 is 5.91 Å². The standard InChI is InChI=1S/C10H18N4OS/c1-4-14(5-6(2)3)10-7(9(12)15)8(11)13-16-10/h6H,4-5H2,1-3H3,(H2,11,13)(H2,12,15). The summed E-state index contributed by atoms with van der Waals surface area (Å²) in [5.74, 6) is 0.224. The first-order valence-electron chi connectivity index (χ1n) is 5.27. The summed E-state index contributed by atoms with van der Waals surface area (Å²) in [5, 5.41) is 0.779. The maximum Gasteiger partial charge on any atom is 0.255 e. The monoisotopic (exact) mass is 242 g/mol. The summed E-state index contributed by atoms with van der Waals surface area (Å²) < 4.78 is 3.99. The van der Waals surface area contributed by atoms with Gasteiger partial charge in [0.15, 0.2) is 5.82 Å². The number of aromatic nitrogens is 1. The Morgan fingerprint density at radius 1 is 1.56 bits per heavy atom. The third-order valence-corrected chi connectivity index (χ3v) is 3.12. The lowest BCUT2D eigenvalue weighted by Gasteiger charge is -2.23. The molecule has 0 saturated heterocycles. The van der Waals surface area contributed by atoms with Crippen molar-refractivity contribution >= 4 is 28.3 Å². The SMILES string of the molecule is CCN(CC(C)C)c1snc(N)c1C(N)=O. The molecule has 1 aromatic heterocycles. The molecular weight excluding hydrogens is 224 g/mol. The first kappa shape index (κ1) is 12.8. The number of carbonyl (C=O) groups excluding carboxylic acids is 1. The quantitative estimate of drug-likeness (QED) is 0.815. The molecule has 0 unspecified atom stereocenters. The van der Waals surface area contributed by atoms with Gasteiger partial charge in [0, 0.05) is 13.1 Å². The first-order chi connectivity index (χ1) is 7.47. The Balaban J connectivity index is 3.05. The molecule has 0 aromatic carbocycles. The Hall–Kier alpha value is -1.30. The molecule has 1 rings (SSSR count). The molecule has 1 heterocycles. The van der Waals surface area contributed by atoms with Crippen LogP contribution in [0.15, 0.2) is 0 Å². The minimum Gasteiger partial charge on any atom is -0.382 e. The van der Waals surface area contributed by atoms with Crippen molar-refractivity contribution < 1.29 is 4.79 Å². The Kier molecular flexibility index (Phi) is 4.12. The van der Waals surface area contributed by atoms with Crippen LogP contribution in [0.4, 0.5) is 10.8 Å². The third kappa shape index (κ3) is 2.63. The predicted octanol–water partition coefficient (Wildman–Crippen LogP) is 1.31. The summed E-state index contributed by atoms with van der Waals surface area (Å²) in [6.07, 6.45) is 0. The average molecular weight is 242 g/mol. The van der Waals surface area contributed by atoms with Crippen LogP contribution in [-0.2, 0) is 0 Å². The fourth-order valence-corrected chi connectivity index (χ4v) is 2.43. The molecule has 0 atom stereocenters. The van der Waals surface area contributed by atoms with Crippen LogP contribution in [0.2, 0.25) is 0 Å². The number of amides is 1. The number of hydrogen-bond acceptors (Lipinski definition) is 5. The van der Waals surface area contributed by atoms with Crippen molar-refractivity contribution in [3.8, 4) is 0 Å². The molecule has 1 amide bonds. The predicted molar refractivity (Wildman–Crippen MR) is 67.8 cm³/mol. The number of rotatable bonds is 5. The third-order valence-electron chi connectivity index (χ3n) is 2.20. The van der Waals surface area contributed by atoms with E-state index in [-0.39, 0.29) is 5.82 Å². The molecule has 0 radical (unpaired) electrons. The van der Waals surface area contributed by atoms with E-state index in [1.54, 1.807) is 0 Å². The van der Waals surface area contributed by atoms with Gasteiger partial charge in [-0.3, -0.25) is 4.79 Å². The van der Waals surface area contributed by atoms with Crippen LogP contribution in [0.5, 0.6) is 0 Å². The highest BCUT2D eigenvalue weighted by atomic mass is 32.1. The highest BCUT2D eigenvalue weighted by Gasteiger charge is 2.21. The summed E-state index contributed by atoms with van der Waals surface area (Å²) in [6.45, 7) is 7.94. The van der Waals surface area contributed by atoms with E-state index in [0.29, 0.717) is 11.5 Å². The molecule has 0 aliphatic heterocycles. The molecule has 0 bridgehead atoms. The minimum atomic E-state index is -0.511. The molecule has 90 valence electrons. The second-order valence-electron chi connectivity index (χ2n) is 4.04. The van der Waals surface area contributed by atoms with Crippen LogP contribution in [0.25, 0.3) is 0 Å². The lowest BCUT2D eigenvalue weighted by Crippen LogP contribution is -2.28. The van der Waals surface area contributed by atoms with Crippen LogP contribution in [0.1, 0.15) is 31.1 Å². The Morgan fingerprint density at radius 2 is 2.19 bits per heavy atom. The molecule has 0 aliphatic rings. The van der Waals surface area contributed by atoms with Gasteiger partial charge >= 0.3 is 0 Å². The van der Waals surface area contributed by atoms with Crippen molar-refractivity contribution in [1.29, 1.82) is 0 Å². The van der Waals surface area contributed by atoms with Crippen LogP contribution >= 0.6 is 11.5 Å². The number of nitrogens with two attached hydrogens (primary N) is 2. The molecular formula is C10H18N4OS. The number of carbonyl (C=O) groups is 1. The number of anilines is 2. The van der Waals surface area contributed by atoms with Gasteiger partial charge in [-0.1, -0.05) is 13.8 Å². The topological polar surface area (TPSA) is 85.2 Å². The number of primary amides is 1. The van der Waals surface area contributed by atoms with Crippen molar-refractivity contribution in [2.24, 2.45) is 11.7 Å². The van der Waals surface area contributed by atoms with Crippen LogP contribution in [0.3, 0.4) is 0 Å².